The van der Waals surface area contributed by atoms with Gasteiger partial charge in [0.1, 0.15) is 11.7 Å². The molecule has 1 aromatic heterocycles. The summed E-state index contributed by atoms with van der Waals surface area (Å²) in [5, 5.41) is 23.6. The highest BCUT2D eigenvalue weighted by Crippen LogP contribution is 2.64. The van der Waals surface area contributed by atoms with Crippen molar-refractivity contribution in [3.05, 3.63) is 288 Å². The summed E-state index contributed by atoms with van der Waals surface area (Å²) in [5.41, 5.74) is 21.2. The van der Waals surface area contributed by atoms with Crippen LogP contribution < -0.4 is 10.2 Å². The molecule has 352 valence electrons. The van der Waals surface area contributed by atoms with Crippen molar-refractivity contribution in [1.29, 1.82) is 10.8 Å². The van der Waals surface area contributed by atoms with Crippen molar-refractivity contribution >= 4 is 44.9 Å². The Morgan fingerprint density at radius 2 is 1.16 bits per heavy atom. The first-order chi connectivity index (χ1) is 36.5. The van der Waals surface area contributed by atoms with Gasteiger partial charge in [0.25, 0.3) is 0 Å². The number of hydrogen-bond acceptors (Lipinski definition) is 3. The smallest absolute Gasteiger partial charge is 0.131 e. The standard InChI is InChI=1S/C69H51N5/c70-67(48-20-8-3-9-21-48)73-68(71)57-25-11-10-22-53(57)49-32-39-62-59(42-49)65-63(69(62)60-26-14-12-23-54(60)55-24-13-15-27-61(55)69)40-38-56-58-43-52(37-41-64(58)72-66(56)65)74(50-33-28-46(29-34-50)44-16-4-1-5-17-44)51-35-30-47(31-36-51)45-18-6-2-7-19-45/h1-18,20-35,37-43,45,51,72H,19,36H2,(H3,70,71,73). The number of allylic oxidation sites excluding steroid dienone is 6. The van der Waals surface area contributed by atoms with Crippen molar-refractivity contribution in [2.45, 2.75) is 24.3 Å². The lowest BCUT2D eigenvalue weighted by molar-refractivity contribution is 0.731. The van der Waals surface area contributed by atoms with E-state index in [9.17, 15) is 5.41 Å². The SMILES string of the molecule is N=C(NC(=N)c1ccccc1-c1ccc2c(c1)-c1c(ccc3c1[nH]c1ccc(N(c4ccc(-c5ccccc5)cc4)C4C=CC(C5C=CC=CC5)=CC4)cc13)C21c2ccccc2-c2ccccc21)c1ccccc1. The molecule has 0 fully saturated rings. The highest BCUT2D eigenvalue weighted by atomic mass is 15.2. The van der Waals surface area contributed by atoms with Gasteiger partial charge in [0, 0.05) is 50.3 Å². The minimum atomic E-state index is -0.544. The van der Waals surface area contributed by atoms with Crippen LogP contribution in [0.5, 0.6) is 0 Å². The summed E-state index contributed by atoms with van der Waals surface area (Å²) >= 11 is 0. The van der Waals surface area contributed by atoms with Crippen LogP contribution in [0.25, 0.3) is 66.3 Å². The molecule has 2 unspecified atom stereocenters. The molecule has 4 aliphatic rings. The van der Waals surface area contributed by atoms with Crippen molar-refractivity contribution in [3.8, 4) is 44.5 Å². The highest BCUT2D eigenvalue weighted by molar-refractivity contribution is 6.17. The number of anilines is 2. The van der Waals surface area contributed by atoms with Crippen LogP contribution in [0.2, 0.25) is 0 Å². The average Bonchev–Trinajstić information content (AvgIpc) is 4.13. The number of hydrogen-bond donors (Lipinski definition) is 4. The van der Waals surface area contributed by atoms with Crippen LogP contribution in [0, 0.1) is 16.7 Å². The van der Waals surface area contributed by atoms with Gasteiger partial charge in [-0.25, -0.2) is 0 Å². The molecule has 0 saturated heterocycles. The van der Waals surface area contributed by atoms with Crippen molar-refractivity contribution in [2.24, 2.45) is 5.92 Å². The van der Waals surface area contributed by atoms with E-state index in [1.54, 1.807) is 0 Å². The van der Waals surface area contributed by atoms with Gasteiger partial charge >= 0.3 is 0 Å². The second-order valence-corrected chi connectivity index (χ2v) is 20.0. The number of fused-ring (bicyclic) bond motifs is 14. The zero-order chi connectivity index (χ0) is 49.3. The van der Waals surface area contributed by atoms with Crippen LogP contribution in [0.3, 0.4) is 0 Å². The molecule has 0 saturated carbocycles. The predicted molar refractivity (Wildman–Crippen MR) is 307 cm³/mol. The van der Waals surface area contributed by atoms with Crippen molar-refractivity contribution in [1.82, 2.24) is 10.3 Å². The molecule has 4 aliphatic carbocycles. The van der Waals surface area contributed by atoms with Crippen LogP contribution in [-0.2, 0) is 5.41 Å². The summed E-state index contributed by atoms with van der Waals surface area (Å²) in [6.45, 7) is 0. The molecule has 14 rings (SSSR count). The van der Waals surface area contributed by atoms with Gasteiger partial charge in [-0.15, -0.1) is 0 Å². The molecule has 4 N–H and O–H groups in total. The maximum atomic E-state index is 9.33. The molecule has 0 amide bonds. The number of benzene rings is 9. The zero-order valence-corrected chi connectivity index (χ0v) is 40.7. The van der Waals surface area contributed by atoms with Crippen LogP contribution in [0.4, 0.5) is 11.4 Å². The largest absolute Gasteiger partial charge is 0.354 e. The second kappa shape index (κ2) is 17.5. The van der Waals surface area contributed by atoms with E-state index in [0.717, 1.165) is 57.5 Å². The molecule has 2 atom stereocenters. The fraction of sp³-hybridized carbons (Fsp3) is 0.0725. The van der Waals surface area contributed by atoms with E-state index >= 15 is 0 Å². The fourth-order valence-electron chi connectivity index (χ4n) is 12.6. The van der Waals surface area contributed by atoms with Gasteiger partial charge in [0.2, 0.25) is 0 Å². The highest BCUT2D eigenvalue weighted by Gasteiger charge is 2.52. The number of nitrogens with one attached hydrogen (secondary N) is 4. The summed E-state index contributed by atoms with van der Waals surface area (Å²) in [6.07, 6.45) is 18.1. The van der Waals surface area contributed by atoms with Gasteiger partial charge in [-0.1, -0.05) is 212 Å². The number of amidine groups is 2. The molecule has 10 aromatic rings. The van der Waals surface area contributed by atoms with Crippen molar-refractivity contribution in [3.63, 3.8) is 0 Å². The van der Waals surface area contributed by atoms with Crippen LogP contribution in [0.15, 0.2) is 254 Å². The Labute approximate surface area is 431 Å². The normalized spacial score (nSPS) is 16.4. The summed E-state index contributed by atoms with van der Waals surface area (Å²) in [6, 6.07) is 74.1. The van der Waals surface area contributed by atoms with E-state index in [0.29, 0.717) is 5.92 Å². The lowest BCUT2D eigenvalue weighted by atomic mass is 9.70. The first kappa shape index (κ1) is 43.5. The van der Waals surface area contributed by atoms with E-state index in [1.165, 1.54) is 72.0 Å². The molecule has 9 aromatic carbocycles. The Morgan fingerprint density at radius 1 is 0.514 bits per heavy atom. The third-order valence-corrected chi connectivity index (χ3v) is 16.0. The summed E-state index contributed by atoms with van der Waals surface area (Å²) in [4.78, 5) is 6.55. The molecule has 0 aliphatic heterocycles. The van der Waals surface area contributed by atoms with Gasteiger partial charge in [0.05, 0.1) is 17.0 Å². The number of aromatic nitrogens is 1. The molecule has 1 spiro atoms. The van der Waals surface area contributed by atoms with E-state index < -0.39 is 5.41 Å². The predicted octanol–water partition coefficient (Wildman–Crippen LogP) is 16.5. The van der Waals surface area contributed by atoms with E-state index in [4.69, 9.17) is 5.41 Å². The average molecular weight is 950 g/mol. The molecular weight excluding hydrogens is 899 g/mol. The Kier molecular flexibility index (Phi) is 10.3. The number of nitrogens with zero attached hydrogens (tertiary/aromatic N) is 1. The molecule has 0 bridgehead atoms. The van der Waals surface area contributed by atoms with E-state index in [1.807, 2.05) is 48.5 Å². The summed E-state index contributed by atoms with van der Waals surface area (Å²) in [7, 11) is 0. The van der Waals surface area contributed by atoms with Gasteiger partial charge in [-0.3, -0.25) is 10.8 Å². The minimum absolute atomic E-state index is 0.118. The summed E-state index contributed by atoms with van der Waals surface area (Å²) in [5.74, 6) is 0.778. The minimum Gasteiger partial charge on any atom is -0.354 e. The lowest BCUT2D eigenvalue weighted by Crippen LogP contribution is -2.30. The molecule has 5 nitrogen and oxygen atoms in total. The van der Waals surface area contributed by atoms with E-state index in [2.05, 4.69) is 215 Å². The van der Waals surface area contributed by atoms with Gasteiger partial charge < -0.3 is 15.2 Å². The molecule has 74 heavy (non-hydrogen) atoms. The number of rotatable bonds is 8. The molecule has 1 heterocycles. The Hall–Kier alpha value is -9.32. The van der Waals surface area contributed by atoms with Crippen LogP contribution in [-0.4, -0.2) is 22.7 Å². The monoisotopic (exact) mass is 949 g/mol. The van der Waals surface area contributed by atoms with Crippen LogP contribution in [0.1, 0.15) is 46.2 Å². The van der Waals surface area contributed by atoms with Gasteiger partial charge in [-0.05, 0) is 116 Å². The Bertz CT molecular complexity index is 3990. The van der Waals surface area contributed by atoms with Crippen LogP contribution >= 0.6 is 0 Å². The molecule has 0 radical (unpaired) electrons. The van der Waals surface area contributed by atoms with Gasteiger partial charge in [-0.2, -0.15) is 0 Å². The van der Waals surface area contributed by atoms with Crippen molar-refractivity contribution in [2.75, 3.05) is 4.90 Å². The van der Waals surface area contributed by atoms with Crippen molar-refractivity contribution < 1.29 is 0 Å². The first-order valence-electron chi connectivity index (χ1n) is 25.7. The number of aromatic amines is 1. The topological polar surface area (TPSA) is 78.8 Å². The summed E-state index contributed by atoms with van der Waals surface area (Å²) < 4.78 is 0. The Morgan fingerprint density at radius 3 is 1.89 bits per heavy atom. The lowest BCUT2D eigenvalue weighted by Gasteiger charge is -2.34. The quantitative estimate of drug-likeness (QED) is 0.0904. The second-order valence-electron chi connectivity index (χ2n) is 20.0. The number of H-pyrrole nitrogens is 1. The maximum absolute atomic E-state index is 9.33. The Balaban J connectivity index is 0.930. The maximum Gasteiger partial charge on any atom is 0.131 e. The zero-order valence-electron chi connectivity index (χ0n) is 40.7. The molecular formula is C69H51N5. The third kappa shape index (κ3) is 6.84. The first-order valence-corrected chi connectivity index (χ1v) is 25.7. The van der Waals surface area contributed by atoms with Gasteiger partial charge in [0.15, 0.2) is 0 Å². The molecule has 5 heteroatoms. The fourth-order valence-corrected chi connectivity index (χ4v) is 12.6. The van der Waals surface area contributed by atoms with E-state index in [-0.39, 0.29) is 17.7 Å². The third-order valence-electron chi connectivity index (χ3n) is 16.0.